The second-order valence-corrected chi connectivity index (χ2v) is 7.63. The van der Waals surface area contributed by atoms with Crippen LogP contribution < -0.4 is 15.9 Å². The fourth-order valence-electron chi connectivity index (χ4n) is 2.98. The number of hydrogen-bond donors (Lipinski definition) is 1. The molecule has 27 heavy (non-hydrogen) atoms. The van der Waals surface area contributed by atoms with Gasteiger partial charge in [-0.25, -0.2) is 5.01 Å². The average Bonchev–Trinajstić information content (AvgIpc) is 2.66. The summed E-state index contributed by atoms with van der Waals surface area (Å²) in [5.74, 6) is 0.375. The Morgan fingerprint density at radius 3 is 2.67 bits per heavy atom. The molecule has 8 heteroatoms. The zero-order valence-corrected chi connectivity index (χ0v) is 16.4. The molecule has 0 aromatic heterocycles. The monoisotopic (exact) mass is 416 g/mol. The number of benzene rings is 2. The summed E-state index contributed by atoms with van der Waals surface area (Å²) < 4.78 is 0. The van der Waals surface area contributed by atoms with Crippen molar-refractivity contribution in [3.8, 4) is 0 Å². The third-order valence-electron chi connectivity index (χ3n) is 4.11. The van der Waals surface area contributed by atoms with Gasteiger partial charge in [0, 0.05) is 26.6 Å². The quantitative estimate of drug-likeness (QED) is 0.782. The second kappa shape index (κ2) is 7.38. The summed E-state index contributed by atoms with van der Waals surface area (Å²) in [6, 6.07) is 12.7. The molecule has 0 spiro atoms. The molecule has 136 valence electrons. The number of thioether (sulfide) groups is 1. The van der Waals surface area contributed by atoms with E-state index in [2.05, 4.69) is 17.0 Å². The molecule has 2 aliphatic heterocycles. The summed E-state index contributed by atoms with van der Waals surface area (Å²) in [7, 11) is 0. The zero-order valence-electron chi connectivity index (χ0n) is 14.0. The molecule has 2 aliphatic rings. The molecule has 0 saturated carbocycles. The minimum atomic E-state index is -0.638. The first-order valence-electron chi connectivity index (χ1n) is 8.14. The molecule has 2 heterocycles. The number of hydrogen-bond acceptors (Lipinski definition) is 5. The smallest absolute Gasteiger partial charge is 0.276 e. The molecule has 0 radical (unpaired) electrons. The molecule has 0 saturated heterocycles. The van der Waals surface area contributed by atoms with Crippen molar-refractivity contribution in [2.75, 3.05) is 5.75 Å². The van der Waals surface area contributed by atoms with E-state index in [0.29, 0.717) is 42.8 Å². The lowest BCUT2D eigenvalue weighted by atomic mass is 10.1. The number of halogens is 2. The summed E-state index contributed by atoms with van der Waals surface area (Å²) in [5, 5.41) is 11.9. The number of carbonyl (C=O) groups is 1. The Morgan fingerprint density at radius 2 is 1.93 bits per heavy atom. The highest BCUT2D eigenvalue weighted by Crippen LogP contribution is 2.38. The fraction of sp³-hybridized carbons (Fsp3) is 0.105. The molecule has 1 N–H and O–H groups in total. The van der Waals surface area contributed by atoms with Gasteiger partial charge in [0.1, 0.15) is 5.70 Å². The molecule has 5 nitrogen and oxygen atoms in total. The van der Waals surface area contributed by atoms with Gasteiger partial charge in [-0.3, -0.25) is 15.1 Å². The van der Waals surface area contributed by atoms with E-state index < -0.39 is 6.17 Å². The van der Waals surface area contributed by atoms with Gasteiger partial charge in [0.2, 0.25) is 0 Å². The molecule has 1 amide bonds. The maximum atomic E-state index is 12.9. The van der Waals surface area contributed by atoms with Gasteiger partial charge in [-0.05, 0) is 18.2 Å². The lowest BCUT2D eigenvalue weighted by molar-refractivity contribution is -0.116. The van der Waals surface area contributed by atoms with E-state index in [1.807, 2.05) is 24.3 Å². The lowest BCUT2D eigenvalue weighted by Crippen LogP contribution is -2.50. The van der Waals surface area contributed by atoms with Crippen LogP contribution in [0.15, 0.2) is 65.2 Å². The first kappa shape index (κ1) is 18.1. The van der Waals surface area contributed by atoms with E-state index in [-0.39, 0.29) is 5.91 Å². The summed E-state index contributed by atoms with van der Waals surface area (Å²) in [5.41, 5.74) is 1.03. The Kier molecular flexibility index (Phi) is 4.95. The first-order chi connectivity index (χ1) is 13.1. The molecule has 0 bridgehead atoms. The van der Waals surface area contributed by atoms with Crippen molar-refractivity contribution in [1.29, 1.82) is 0 Å². The number of hydrazone groups is 1. The predicted octanol–water partition coefficient (Wildman–Crippen LogP) is 3.06. The standard InChI is InChI=1S/C19H14Cl2N4OS/c1-2-10-27-19-23-18(26)16-11-6-3-4-9-14(11)22-17(25(16)24-19)15-12(20)7-5-8-13(15)21/h2-9,17H,1,10H2,(H,23,24,26)/t17-/m1/s1. The minimum Gasteiger partial charge on any atom is -0.298 e. The minimum absolute atomic E-state index is 0.243. The van der Waals surface area contributed by atoms with Crippen molar-refractivity contribution in [2.45, 2.75) is 6.17 Å². The highest BCUT2D eigenvalue weighted by atomic mass is 35.5. The van der Waals surface area contributed by atoms with Crippen molar-refractivity contribution in [3.05, 3.63) is 81.3 Å². The third kappa shape index (κ3) is 3.25. The van der Waals surface area contributed by atoms with E-state index in [9.17, 15) is 4.79 Å². The van der Waals surface area contributed by atoms with Gasteiger partial charge in [0.25, 0.3) is 5.91 Å². The molecule has 2 aromatic carbocycles. The van der Waals surface area contributed by atoms with Crippen LogP contribution in [0, 0.1) is 0 Å². The molecule has 0 unspecified atom stereocenters. The maximum Gasteiger partial charge on any atom is 0.276 e. The van der Waals surface area contributed by atoms with Crippen LogP contribution in [0.3, 0.4) is 0 Å². The number of fused-ring (bicyclic) bond motifs is 2. The number of nitrogens with zero attached hydrogens (tertiary/aromatic N) is 3. The Balaban J connectivity index is 1.96. The number of nitrogens with one attached hydrogen (secondary N) is 1. The summed E-state index contributed by atoms with van der Waals surface area (Å²) in [6.07, 6.45) is 1.11. The summed E-state index contributed by atoms with van der Waals surface area (Å²) in [4.78, 5) is 17.7. The fourth-order valence-corrected chi connectivity index (χ4v) is 4.15. The van der Waals surface area contributed by atoms with Crippen LogP contribution in [-0.4, -0.2) is 21.8 Å². The predicted molar refractivity (Wildman–Crippen MR) is 110 cm³/mol. The molecular weight excluding hydrogens is 403 g/mol. The van der Waals surface area contributed by atoms with Gasteiger partial charge in [-0.2, -0.15) is 0 Å². The molecule has 0 fully saturated rings. The van der Waals surface area contributed by atoms with Gasteiger partial charge in [0.05, 0.1) is 5.36 Å². The van der Waals surface area contributed by atoms with Crippen molar-refractivity contribution < 1.29 is 4.79 Å². The van der Waals surface area contributed by atoms with Crippen molar-refractivity contribution >= 4 is 51.7 Å². The van der Waals surface area contributed by atoms with E-state index in [0.717, 1.165) is 0 Å². The van der Waals surface area contributed by atoms with E-state index >= 15 is 0 Å². The molecule has 1 atom stereocenters. The average molecular weight is 417 g/mol. The number of rotatable bonds is 3. The third-order valence-corrected chi connectivity index (χ3v) is 5.63. The van der Waals surface area contributed by atoms with E-state index in [1.54, 1.807) is 29.3 Å². The van der Waals surface area contributed by atoms with Gasteiger partial charge < -0.3 is 0 Å². The van der Waals surface area contributed by atoms with Crippen LogP contribution in [0.2, 0.25) is 10.0 Å². The molecular formula is C19H14Cl2N4OS. The summed E-state index contributed by atoms with van der Waals surface area (Å²) >= 11 is 14.2. The van der Waals surface area contributed by atoms with Crippen LogP contribution in [0.1, 0.15) is 11.7 Å². The lowest BCUT2D eigenvalue weighted by Gasteiger charge is -2.34. The normalized spacial score (nSPS) is 18.1. The highest BCUT2D eigenvalue weighted by Gasteiger charge is 2.36. The van der Waals surface area contributed by atoms with Crippen molar-refractivity contribution in [2.24, 2.45) is 10.1 Å². The maximum absolute atomic E-state index is 12.9. The number of amidine groups is 1. The molecule has 2 aromatic rings. The molecule has 0 aliphatic carbocycles. The number of para-hydroxylation sites is 1. The zero-order chi connectivity index (χ0) is 19.0. The number of amides is 1. The van der Waals surface area contributed by atoms with Crippen molar-refractivity contribution in [3.63, 3.8) is 0 Å². The van der Waals surface area contributed by atoms with Gasteiger partial charge in [0.15, 0.2) is 11.3 Å². The van der Waals surface area contributed by atoms with E-state index in [1.165, 1.54) is 11.8 Å². The topological polar surface area (TPSA) is 57.1 Å². The van der Waals surface area contributed by atoms with Crippen LogP contribution >= 0.6 is 35.0 Å². The van der Waals surface area contributed by atoms with Crippen LogP contribution in [0.5, 0.6) is 0 Å². The highest BCUT2D eigenvalue weighted by molar-refractivity contribution is 8.14. The number of carbonyl (C=O) groups excluding carboxylic acids is 1. The van der Waals surface area contributed by atoms with Gasteiger partial charge in [-0.1, -0.05) is 65.3 Å². The van der Waals surface area contributed by atoms with Crippen LogP contribution in [0.25, 0.3) is 5.70 Å². The van der Waals surface area contributed by atoms with Crippen molar-refractivity contribution in [1.82, 2.24) is 10.3 Å². The van der Waals surface area contributed by atoms with E-state index in [4.69, 9.17) is 28.2 Å². The van der Waals surface area contributed by atoms with Crippen LogP contribution in [-0.2, 0) is 4.79 Å². The SMILES string of the molecule is C=CCSC1=NN2C(=c3ccccc3=N[C@H]2c2c(Cl)cccc2Cl)C(=O)N1. The Labute approximate surface area is 170 Å². The van der Waals surface area contributed by atoms with Gasteiger partial charge >= 0.3 is 0 Å². The molecule has 4 rings (SSSR count). The first-order valence-corrected chi connectivity index (χ1v) is 9.88. The van der Waals surface area contributed by atoms with Gasteiger partial charge in [-0.15, -0.1) is 11.7 Å². The second-order valence-electron chi connectivity index (χ2n) is 5.81. The Hall–Kier alpha value is -2.28. The largest absolute Gasteiger partial charge is 0.298 e. The summed E-state index contributed by atoms with van der Waals surface area (Å²) in [6.45, 7) is 3.70. The Bertz CT molecular complexity index is 1080. The Morgan fingerprint density at radius 1 is 1.19 bits per heavy atom. The van der Waals surface area contributed by atoms with Crippen LogP contribution in [0.4, 0.5) is 0 Å².